The molecular weight excluding hydrogens is 418 g/mol. The number of fused-ring (bicyclic) bond motifs is 1. The largest absolute Gasteiger partial charge is 0.493 e. The molecule has 0 bridgehead atoms. The molecule has 1 N–H and O–H groups in total. The molecule has 0 radical (unpaired) electrons. The number of carbonyl (C=O) groups excluding carboxylic acids is 1. The minimum Gasteiger partial charge on any atom is -0.493 e. The number of hydrogen-bond acceptors (Lipinski definition) is 5. The Balaban J connectivity index is 1.36. The molecular formula is C26H25N3O4. The van der Waals surface area contributed by atoms with Gasteiger partial charge in [0.1, 0.15) is 18.0 Å². The van der Waals surface area contributed by atoms with Crippen LogP contribution in [0.1, 0.15) is 18.2 Å². The number of pyridine rings is 1. The fourth-order valence-electron chi connectivity index (χ4n) is 3.30. The molecule has 4 aromatic rings. The van der Waals surface area contributed by atoms with Gasteiger partial charge in [0.2, 0.25) is 5.91 Å². The van der Waals surface area contributed by atoms with Gasteiger partial charge in [-0.25, -0.2) is 4.98 Å². The van der Waals surface area contributed by atoms with Crippen LogP contribution >= 0.6 is 0 Å². The van der Waals surface area contributed by atoms with E-state index in [2.05, 4.69) is 10.3 Å². The number of methoxy groups -OCH3 is 1. The van der Waals surface area contributed by atoms with Crippen molar-refractivity contribution in [2.45, 2.75) is 13.5 Å². The first-order valence-corrected chi connectivity index (χ1v) is 10.6. The number of nitrogens with zero attached hydrogens (tertiary/aromatic N) is 2. The summed E-state index contributed by atoms with van der Waals surface area (Å²) in [6.45, 7) is 2.80. The Kier molecular flexibility index (Phi) is 6.90. The number of benzene rings is 2. The summed E-state index contributed by atoms with van der Waals surface area (Å²) in [5, 5.41) is 2.85. The molecule has 0 fully saturated rings. The molecule has 2 heterocycles. The molecule has 7 nitrogen and oxygen atoms in total. The lowest BCUT2D eigenvalue weighted by Gasteiger charge is -2.09. The fraction of sp³-hybridized carbons (Fsp3) is 0.154. The van der Waals surface area contributed by atoms with Crippen molar-refractivity contribution in [3.05, 3.63) is 90.4 Å². The van der Waals surface area contributed by atoms with Crippen LogP contribution in [0.2, 0.25) is 0 Å². The van der Waals surface area contributed by atoms with E-state index >= 15 is 0 Å². The highest BCUT2D eigenvalue weighted by molar-refractivity contribution is 6.02. The summed E-state index contributed by atoms with van der Waals surface area (Å²) in [5.74, 6) is 1.68. The van der Waals surface area contributed by atoms with Crippen LogP contribution < -0.4 is 19.5 Å². The number of aromatic nitrogens is 2. The number of carbonyl (C=O) groups is 1. The van der Waals surface area contributed by atoms with Crippen molar-refractivity contribution in [1.29, 1.82) is 0 Å². The maximum absolute atomic E-state index is 12.4. The summed E-state index contributed by atoms with van der Waals surface area (Å²) >= 11 is 0. The molecule has 7 heteroatoms. The Labute approximate surface area is 192 Å². The normalized spacial score (nSPS) is 11.0. The molecule has 0 atom stereocenters. The molecule has 0 aliphatic rings. The molecule has 4 rings (SSSR count). The van der Waals surface area contributed by atoms with Crippen molar-refractivity contribution in [3.8, 4) is 17.2 Å². The molecule has 168 valence electrons. The summed E-state index contributed by atoms with van der Waals surface area (Å²) in [4.78, 5) is 16.9. The van der Waals surface area contributed by atoms with Crippen molar-refractivity contribution < 1.29 is 19.0 Å². The van der Waals surface area contributed by atoms with Crippen molar-refractivity contribution in [2.75, 3.05) is 19.0 Å². The average Bonchev–Trinajstić information content (AvgIpc) is 3.25. The Morgan fingerprint density at radius 2 is 1.97 bits per heavy atom. The van der Waals surface area contributed by atoms with Gasteiger partial charge in [0.15, 0.2) is 11.5 Å². The Morgan fingerprint density at radius 1 is 1.06 bits per heavy atom. The smallest absolute Gasteiger partial charge is 0.248 e. The molecule has 0 saturated heterocycles. The third-order valence-corrected chi connectivity index (χ3v) is 4.82. The van der Waals surface area contributed by atoms with Crippen LogP contribution in [0.4, 0.5) is 5.69 Å². The summed E-state index contributed by atoms with van der Waals surface area (Å²) in [7, 11) is 1.59. The monoisotopic (exact) mass is 443 g/mol. The summed E-state index contributed by atoms with van der Waals surface area (Å²) in [6.07, 6.45) is 7.07. The van der Waals surface area contributed by atoms with E-state index in [1.165, 1.54) is 6.08 Å². The lowest BCUT2D eigenvalue weighted by Crippen LogP contribution is -2.07. The molecule has 1 amide bonds. The summed E-state index contributed by atoms with van der Waals surface area (Å²) in [6, 6.07) is 18.6. The summed E-state index contributed by atoms with van der Waals surface area (Å²) < 4.78 is 18.7. The topological polar surface area (TPSA) is 74.1 Å². The van der Waals surface area contributed by atoms with Crippen LogP contribution in [0.5, 0.6) is 17.2 Å². The molecule has 0 aliphatic heterocycles. The van der Waals surface area contributed by atoms with E-state index in [1.54, 1.807) is 19.3 Å². The van der Waals surface area contributed by atoms with Gasteiger partial charge in [-0.2, -0.15) is 0 Å². The lowest BCUT2D eigenvalue weighted by atomic mass is 10.2. The third kappa shape index (κ3) is 5.71. The van der Waals surface area contributed by atoms with E-state index in [0.717, 1.165) is 16.9 Å². The first-order valence-electron chi connectivity index (χ1n) is 10.6. The second kappa shape index (κ2) is 10.4. The average molecular weight is 444 g/mol. The predicted octanol–water partition coefficient (Wildman–Crippen LogP) is 4.97. The molecule has 0 spiro atoms. The fourth-order valence-corrected chi connectivity index (χ4v) is 3.30. The minimum atomic E-state index is -0.250. The van der Waals surface area contributed by atoms with Crippen molar-refractivity contribution in [3.63, 3.8) is 0 Å². The van der Waals surface area contributed by atoms with Crippen LogP contribution in [-0.2, 0) is 11.4 Å². The number of amides is 1. The molecule has 2 aromatic carbocycles. The molecule has 0 saturated carbocycles. The highest BCUT2D eigenvalue weighted by atomic mass is 16.5. The Bertz CT molecular complexity index is 1250. The predicted molar refractivity (Wildman–Crippen MR) is 128 cm³/mol. The highest BCUT2D eigenvalue weighted by Crippen LogP contribution is 2.28. The number of ether oxygens (including phenoxy) is 3. The van der Waals surface area contributed by atoms with Crippen molar-refractivity contribution in [1.82, 2.24) is 9.38 Å². The number of rotatable bonds is 9. The zero-order chi connectivity index (χ0) is 23.0. The second-order valence-electron chi connectivity index (χ2n) is 7.18. The minimum absolute atomic E-state index is 0.250. The van der Waals surface area contributed by atoms with Gasteiger partial charge in [-0.05, 0) is 55.0 Å². The van der Waals surface area contributed by atoms with Crippen LogP contribution in [0, 0.1) is 0 Å². The Hall–Kier alpha value is -4.26. The van der Waals surface area contributed by atoms with Gasteiger partial charge in [-0.1, -0.05) is 18.2 Å². The van der Waals surface area contributed by atoms with E-state index in [1.807, 2.05) is 78.3 Å². The van der Waals surface area contributed by atoms with E-state index in [-0.39, 0.29) is 5.91 Å². The first-order chi connectivity index (χ1) is 16.1. The van der Waals surface area contributed by atoms with E-state index in [0.29, 0.717) is 36.1 Å². The van der Waals surface area contributed by atoms with Crippen LogP contribution in [0.15, 0.2) is 79.1 Å². The van der Waals surface area contributed by atoms with E-state index < -0.39 is 0 Å². The van der Waals surface area contributed by atoms with Crippen LogP contribution in [0.25, 0.3) is 11.7 Å². The highest BCUT2D eigenvalue weighted by Gasteiger charge is 2.06. The number of nitrogens with one attached hydrogen (secondary N) is 1. The lowest BCUT2D eigenvalue weighted by molar-refractivity contribution is -0.111. The van der Waals surface area contributed by atoms with E-state index in [9.17, 15) is 4.79 Å². The van der Waals surface area contributed by atoms with Gasteiger partial charge in [-0.3, -0.25) is 4.79 Å². The maximum Gasteiger partial charge on any atom is 0.248 e. The van der Waals surface area contributed by atoms with Crippen molar-refractivity contribution >= 4 is 23.3 Å². The van der Waals surface area contributed by atoms with Crippen molar-refractivity contribution in [2.24, 2.45) is 0 Å². The van der Waals surface area contributed by atoms with Gasteiger partial charge in [0.25, 0.3) is 0 Å². The summed E-state index contributed by atoms with van der Waals surface area (Å²) in [5.41, 5.74) is 3.16. The maximum atomic E-state index is 12.4. The molecule has 0 unspecified atom stereocenters. The number of hydrogen-bond donors (Lipinski definition) is 1. The van der Waals surface area contributed by atoms with Gasteiger partial charge < -0.3 is 23.9 Å². The van der Waals surface area contributed by atoms with Gasteiger partial charge in [0.05, 0.1) is 19.4 Å². The van der Waals surface area contributed by atoms with Crippen LogP contribution in [-0.4, -0.2) is 29.0 Å². The standard InChI is InChI=1S/C26H25N3O4/c1-3-32-23-12-10-19(15-24(23)31-2)11-13-26(30)28-20-7-6-8-22(16-20)33-18-21-17-29-14-5-4-9-25(29)27-21/h4-17H,3,18H2,1-2H3,(H,28,30)/b13-11+. The molecule has 0 aliphatic carbocycles. The Morgan fingerprint density at radius 3 is 2.79 bits per heavy atom. The van der Waals surface area contributed by atoms with Gasteiger partial charge in [-0.15, -0.1) is 0 Å². The SMILES string of the molecule is CCOc1ccc(/C=C/C(=O)Nc2cccc(OCc3cn4ccccc4n3)c2)cc1OC. The zero-order valence-electron chi connectivity index (χ0n) is 18.5. The number of anilines is 1. The van der Waals surface area contributed by atoms with E-state index in [4.69, 9.17) is 14.2 Å². The number of imidazole rings is 1. The zero-order valence-corrected chi connectivity index (χ0v) is 18.5. The molecule has 33 heavy (non-hydrogen) atoms. The molecule has 2 aromatic heterocycles. The first kappa shape index (κ1) is 22.0. The second-order valence-corrected chi connectivity index (χ2v) is 7.18. The third-order valence-electron chi connectivity index (χ3n) is 4.82. The quantitative estimate of drug-likeness (QED) is 0.370. The van der Waals surface area contributed by atoms with Gasteiger partial charge >= 0.3 is 0 Å². The van der Waals surface area contributed by atoms with Gasteiger partial charge in [0, 0.05) is 30.2 Å². The van der Waals surface area contributed by atoms with Crippen LogP contribution in [0.3, 0.4) is 0 Å².